The number of aliphatic hydroxyl groups excluding tert-OH is 2. The van der Waals surface area contributed by atoms with Crippen LogP contribution in [-0.4, -0.2) is 104 Å². The van der Waals surface area contributed by atoms with Gasteiger partial charge in [-0.3, -0.25) is 9.69 Å². The van der Waals surface area contributed by atoms with Gasteiger partial charge in [0.1, 0.15) is 18.5 Å². The van der Waals surface area contributed by atoms with E-state index in [1.54, 1.807) is 0 Å². The lowest BCUT2D eigenvalue weighted by molar-refractivity contribution is -0.127. The Morgan fingerprint density at radius 3 is 2.40 bits per heavy atom. The smallest absolute Gasteiger partial charge is 0.407 e. The molecule has 3 aliphatic rings. The van der Waals surface area contributed by atoms with E-state index in [0.717, 1.165) is 60.9 Å². The first-order chi connectivity index (χ1) is 24.4. The summed E-state index contributed by atoms with van der Waals surface area (Å²) in [5, 5.41) is 28.6. The van der Waals surface area contributed by atoms with Crippen LogP contribution in [0.4, 0.5) is 4.79 Å². The highest BCUT2D eigenvalue weighted by Crippen LogP contribution is 2.32. The molecule has 2 aliphatic heterocycles. The highest BCUT2D eigenvalue weighted by Gasteiger charge is 2.35. The van der Waals surface area contributed by atoms with Crippen molar-refractivity contribution in [1.29, 1.82) is 0 Å². The zero-order valence-electron chi connectivity index (χ0n) is 28.5. The van der Waals surface area contributed by atoms with Crippen molar-refractivity contribution in [3.63, 3.8) is 0 Å². The molecule has 1 unspecified atom stereocenters. The second-order valence-electron chi connectivity index (χ2n) is 13.4. The van der Waals surface area contributed by atoms with Crippen molar-refractivity contribution in [2.24, 2.45) is 5.92 Å². The summed E-state index contributed by atoms with van der Waals surface area (Å²) in [6, 6.07) is 23.7. The molecule has 11 heteroatoms. The van der Waals surface area contributed by atoms with Gasteiger partial charge in [0.05, 0.1) is 50.7 Å². The summed E-state index contributed by atoms with van der Waals surface area (Å²) in [6.45, 7) is 5.55. The van der Waals surface area contributed by atoms with Gasteiger partial charge in [-0.1, -0.05) is 66.7 Å². The average Bonchev–Trinajstić information content (AvgIpc) is 3.76. The Kier molecular flexibility index (Phi) is 12.7. The van der Waals surface area contributed by atoms with Crippen molar-refractivity contribution in [3.05, 3.63) is 101 Å². The van der Waals surface area contributed by atoms with Crippen LogP contribution in [-0.2, 0) is 38.3 Å². The van der Waals surface area contributed by atoms with E-state index in [1.807, 2.05) is 78.9 Å². The molecule has 0 bridgehead atoms. The van der Waals surface area contributed by atoms with E-state index in [2.05, 4.69) is 15.5 Å². The monoisotopic (exact) mass is 687 g/mol. The van der Waals surface area contributed by atoms with Crippen LogP contribution in [0.25, 0.3) is 0 Å². The predicted octanol–water partition coefficient (Wildman–Crippen LogP) is 3.21. The van der Waals surface area contributed by atoms with E-state index < -0.39 is 36.3 Å². The third-order valence-corrected chi connectivity index (χ3v) is 9.81. The molecule has 3 aromatic rings. The van der Waals surface area contributed by atoms with Crippen molar-refractivity contribution in [2.75, 3.05) is 52.7 Å². The normalized spacial score (nSPS) is 22.2. The molecule has 2 heterocycles. The summed E-state index contributed by atoms with van der Waals surface area (Å²) in [5.74, 6) is -0.204. The van der Waals surface area contributed by atoms with Crippen LogP contribution < -0.4 is 15.4 Å². The standard InChI is InChI=1S/C39H49N3O8/c43-35(34(23-27-6-2-1-3-7-27)40-39(46)50-32-14-18-48-26-32)25-30(38(45)41-37-33-9-5-4-8-29(33)24-36(37)44)22-28-10-12-31(13-11-28)49-21-17-42-15-19-47-20-16-42/h1-13,30,32,34-37,43-44H,14-26H2,(H,40,46)(H,41,45)/t30-,32?,34+,35+,36-,37+/m1/s1. The number of morpholine rings is 1. The summed E-state index contributed by atoms with van der Waals surface area (Å²) in [7, 11) is 0. The highest BCUT2D eigenvalue weighted by atomic mass is 16.6. The third-order valence-electron chi connectivity index (χ3n) is 9.81. The molecule has 0 radical (unpaired) electrons. The number of rotatable bonds is 15. The minimum atomic E-state index is -1.08. The van der Waals surface area contributed by atoms with E-state index in [-0.39, 0.29) is 18.4 Å². The zero-order chi connectivity index (χ0) is 34.7. The van der Waals surface area contributed by atoms with Crippen LogP contribution in [0.3, 0.4) is 0 Å². The van der Waals surface area contributed by atoms with Gasteiger partial charge >= 0.3 is 6.09 Å². The number of carbonyl (C=O) groups excluding carboxylic acids is 2. The Balaban J connectivity index is 1.16. The summed E-state index contributed by atoms with van der Waals surface area (Å²) in [5.41, 5.74) is 3.73. The lowest BCUT2D eigenvalue weighted by Crippen LogP contribution is -2.48. The summed E-state index contributed by atoms with van der Waals surface area (Å²) in [4.78, 5) is 29.4. The molecule has 6 rings (SSSR count). The molecule has 0 saturated carbocycles. The van der Waals surface area contributed by atoms with Gasteiger partial charge in [-0.05, 0) is 53.6 Å². The second kappa shape index (κ2) is 17.8. The van der Waals surface area contributed by atoms with Crippen LogP contribution in [0.1, 0.15) is 41.1 Å². The first kappa shape index (κ1) is 35.8. The van der Waals surface area contributed by atoms with Crippen molar-refractivity contribution >= 4 is 12.0 Å². The first-order valence-electron chi connectivity index (χ1n) is 17.8. The Hall–Kier alpha value is -4.00. The van der Waals surface area contributed by atoms with Crippen molar-refractivity contribution in [1.82, 2.24) is 15.5 Å². The highest BCUT2D eigenvalue weighted by molar-refractivity contribution is 5.80. The topological polar surface area (TPSA) is 139 Å². The average molecular weight is 688 g/mol. The van der Waals surface area contributed by atoms with Gasteiger partial charge in [0, 0.05) is 38.4 Å². The Morgan fingerprint density at radius 2 is 1.64 bits per heavy atom. The number of benzene rings is 3. The molecule has 0 spiro atoms. The van der Waals surface area contributed by atoms with Crippen LogP contribution in [0.15, 0.2) is 78.9 Å². The Morgan fingerprint density at radius 1 is 0.900 bits per heavy atom. The minimum Gasteiger partial charge on any atom is -0.492 e. The fourth-order valence-electron chi connectivity index (χ4n) is 6.98. The van der Waals surface area contributed by atoms with Gasteiger partial charge in [-0.25, -0.2) is 4.79 Å². The van der Waals surface area contributed by atoms with Crippen LogP contribution in [0.5, 0.6) is 5.75 Å². The summed E-state index contributed by atoms with van der Waals surface area (Å²) < 4.78 is 22.3. The number of fused-ring (bicyclic) bond motifs is 1. The fourth-order valence-corrected chi connectivity index (χ4v) is 6.98. The van der Waals surface area contributed by atoms with Gasteiger partial charge in [0.25, 0.3) is 0 Å². The zero-order valence-corrected chi connectivity index (χ0v) is 28.5. The quantitative estimate of drug-likeness (QED) is 0.190. The number of nitrogens with one attached hydrogen (secondary N) is 2. The Bertz CT molecular complexity index is 1510. The van der Waals surface area contributed by atoms with Crippen LogP contribution >= 0.6 is 0 Å². The number of carbonyl (C=O) groups is 2. The molecular formula is C39H49N3O8. The van der Waals surface area contributed by atoms with E-state index in [1.165, 1.54) is 0 Å². The number of aliphatic hydroxyl groups is 2. The maximum atomic E-state index is 14.1. The second-order valence-corrected chi connectivity index (χ2v) is 13.4. The summed E-state index contributed by atoms with van der Waals surface area (Å²) >= 11 is 0. The van der Waals surface area contributed by atoms with Crippen molar-refractivity contribution in [2.45, 2.75) is 62.5 Å². The maximum Gasteiger partial charge on any atom is 0.407 e. The number of hydrogen-bond acceptors (Lipinski definition) is 9. The maximum absolute atomic E-state index is 14.1. The molecular weight excluding hydrogens is 638 g/mol. The SMILES string of the molecule is O=C(N[C@@H](Cc1ccccc1)[C@@H](O)C[C@@H](Cc1ccc(OCCN2CCOCC2)cc1)C(=O)N[C@H]1c2ccccc2C[C@H]1O)OC1CCOC1. The summed E-state index contributed by atoms with van der Waals surface area (Å²) in [6.07, 6.45) is -0.973. The lowest BCUT2D eigenvalue weighted by atomic mass is 9.88. The van der Waals surface area contributed by atoms with E-state index in [9.17, 15) is 19.8 Å². The van der Waals surface area contributed by atoms with Crippen molar-refractivity contribution < 1.29 is 38.7 Å². The van der Waals surface area contributed by atoms with Gasteiger partial charge in [-0.15, -0.1) is 0 Å². The Labute approximate surface area is 293 Å². The van der Waals surface area contributed by atoms with E-state index in [4.69, 9.17) is 18.9 Å². The molecule has 2 amide bonds. The largest absolute Gasteiger partial charge is 0.492 e. The van der Waals surface area contributed by atoms with Gasteiger partial charge in [-0.2, -0.15) is 0 Å². The molecule has 2 fully saturated rings. The number of amides is 2. The molecule has 0 aromatic heterocycles. The third kappa shape index (κ3) is 10.0. The molecule has 2 saturated heterocycles. The number of nitrogens with zero attached hydrogens (tertiary/aromatic N) is 1. The first-order valence-corrected chi connectivity index (χ1v) is 17.8. The molecule has 4 N–H and O–H groups in total. The van der Waals surface area contributed by atoms with Crippen LogP contribution in [0, 0.1) is 5.92 Å². The molecule has 3 aromatic carbocycles. The fraction of sp³-hybridized carbons (Fsp3) is 0.487. The minimum absolute atomic E-state index is 0.0679. The number of alkyl carbamates (subject to hydrolysis) is 1. The molecule has 50 heavy (non-hydrogen) atoms. The van der Waals surface area contributed by atoms with Gasteiger partial charge in [0.15, 0.2) is 0 Å². The van der Waals surface area contributed by atoms with Gasteiger partial charge < -0.3 is 39.8 Å². The van der Waals surface area contributed by atoms with Crippen molar-refractivity contribution in [3.8, 4) is 5.75 Å². The van der Waals surface area contributed by atoms with E-state index >= 15 is 0 Å². The van der Waals surface area contributed by atoms with Crippen LogP contribution in [0.2, 0.25) is 0 Å². The van der Waals surface area contributed by atoms with Gasteiger partial charge in [0.2, 0.25) is 5.91 Å². The molecule has 11 nitrogen and oxygen atoms in total. The lowest BCUT2D eigenvalue weighted by Gasteiger charge is -2.29. The van der Waals surface area contributed by atoms with E-state index in [0.29, 0.717) is 45.5 Å². The number of hydrogen-bond donors (Lipinski definition) is 4. The molecule has 268 valence electrons. The predicted molar refractivity (Wildman–Crippen MR) is 187 cm³/mol. The molecule has 1 aliphatic carbocycles. The molecule has 6 atom stereocenters. The number of ether oxygens (including phenoxy) is 4.